The number of esters is 1. The van der Waals surface area contributed by atoms with Crippen molar-refractivity contribution in [2.45, 2.75) is 6.92 Å². The molecule has 2 aromatic rings. The molecule has 0 spiro atoms. The molecule has 0 saturated heterocycles. The Morgan fingerprint density at radius 3 is 2.70 bits per heavy atom. The van der Waals surface area contributed by atoms with E-state index in [9.17, 15) is 9.90 Å². The monoisotopic (exact) mass is 268 g/mol. The number of ether oxygens (including phenoxy) is 1. The molecule has 1 N–H and O–H groups in total. The molecule has 0 heterocycles. The van der Waals surface area contributed by atoms with E-state index in [4.69, 9.17) is 4.74 Å². The molecule has 0 saturated carbocycles. The fourth-order valence-corrected chi connectivity index (χ4v) is 1.99. The van der Waals surface area contributed by atoms with Crippen LogP contribution < -0.4 is 0 Å². The molecule has 102 valence electrons. The summed E-state index contributed by atoms with van der Waals surface area (Å²) in [6.45, 7) is 5.54. The van der Waals surface area contributed by atoms with E-state index in [1.54, 1.807) is 24.3 Å². The average molecular weight is 268 g/mol. The number of phenolic OH excluding ortho intramolecular Hbond substituents is 1. The molecule has 0 aromatic heterocycles. The number of carbonyl (C=O) groups excluding carboxylic acids is 1. The summed E-state index contributed by atoms with van der Waals surface area (Å²) in [5.74, 6) is -0.153. The van der Waals surface area contributed by atoms with Gasteiger partial charge in [0.25, 0.3) is 0 Å². The first-order valence-electron chi connectivity index (χ1n) is 6.30. The van der Waals surface area contributed by atoms with Crippen molar-refractivity contribution in [1.82, 2.24) is 0 Å². The van der Waals surface area contributed by atoms with E-state index in [-0.39, 0.29) is 18.3 Å². The maximum absolute atomic E-state index is 11.8. The van der Waals surface area contributed by atoms with Gasteiger partial charge in [-0.3, -0.25) is 0 Å². The number of aryl methyl sites for hydroxylation is 1. The maximum Gasteiger partial charge on any atom is 0.338 e. The molecule has 0 aliphatic rings. The minimum atomic E-state index is -0.369. The molecule has 0 atom stereocenters. The van der Waals surface area contributed by atoms with Gasteiger partial charge in [-0.1, -0.05) is 43.0 Å². The summed E-state index contributed by atoms with van der Waals surface area (Å²) in [6.07, 6.45) is 1.53. The SMILES string of the molecule is C=CCOC(=O)c1ccc(-c2ccccc2O)cc1C. The Labute approximate surface area is 118 Å². The van der Waals surface area contributed by atoms with Crippen molar-refractivity contribution < 1.29 is 14.6 Å². The molecule has 0 bridgehead atoms. The van der Waals surface area contributed by atoms with Crippen molar-refractivity contribution in [1.29, 1.82) is 0 Å². The molecule has 0 aliphatic carbocycles. The van der Waals surface area contributed by atoms with Crippen LogP contribution in [0.1, 0.15) is 15.9 Å². The molecule has 20 heavy (non-hydrogen) atoms. The van der Waals surface area contributed by atoms with Gasteiger partial charge in [-0.15, -0.1) is 0 Å². The van der Waals surface area contributed by atoms with E-state index >= 15 is 0 Å². The summed E-state index contributed by atoms with van der Waals surface area (Å²) in [5, 5.41) is 9.85. The van der Waals surface area contributed by atoms with Crippen LogP contribution in [0.2, 0.25) is 0 Å². The van der Waals surface area contributed by atoms with Crippen LogP contribution in [0.3, 0.4) is 0 Å². The predicted molar refractivity (Wildman–Crippen MR) is 78.8 cm³/mol. The molecule has 2 rings (SSSR count). The van der Waals surface area contributed by atoms with E-state index in [1.165, 1.54) is 6.08 Å². The van der Waals surface area contributed by atoms with Crippen molar-refractivity contribution in [3.63, 3.8) is 0 Å². The Morgan fingerprint density at radius 2 is 2.05 bits per heavy atom. The van der Waals surface area contributed by atoms with Crippen LogP contribution >= 0.6 is 0 Å². The molecule has 0 radical (unpaired) electrons. The lowest BCUT2D eigenvalue weighted by molar-refractivity contribution is 0.0549. The lowest BCUT2D eigenvalue weighted by atomic mass is 9.99. The van der Waals surface area contributed by atoms with Gasteiger partial charge in [0, 0.05) is 5.56 Å². The second-order valence-corrected chi connectivity index (χ2v) is 4.43. The highest BCUT2D eigenvalue weighted by Gasteiger charge is 2.12. The highest BCUT2D eigenvalue weighted by Crippen LogP contribution is 2.30. The summed E-state index contributed by atoms with van der Waals surface area (Å²) in [5.41, 5.74) is 2.92. The Hall–Kier alpha value is -2.55. The van der Waals surface area contributed by atoms with Crippen LogP contribution in [-0.2, 0) is 4.74 Å². The lowest BCUT2D eigenvalue weighted by Gasteiger charge is -2.09. The zero-order valence-electron chi connectivity index (χ0n) is 11.3. The second kappa shape index (κ2) is 6.06. The summed E-state index contributed by atoms with van der Waals surface area (Å²) in [6, 6.07) is 12.5. The largest absolute Gasteiger partial charge is 0.507 e. The number of benzene rings is 2. The van der Waals surface area contributed by atoms with Crippen LogP contribution in [0.25, 0.3) is 11.1 Å². The summed E-state index contributed by atoms with van der Waals surface area (Å²) in [7, 11) is 0. The van der Waals surface area contributed by atoms with Crippen LogP contribution in [0.15, 0.2) is 55.1 Å². The molecular formula is C17H16O3. The van der Waals surface area contributed by atoms with Crippen LogP contribution in [0.5, 0.6) is 5.75 Å². The van der Waals surface area contributed by atoms with Crippen molar-refractivity contribution in [3.05, 3.63) is 66.2 Å². The summed E-state index contributed by atoms with van der Waals surface area (Å²) in [4.78, 5) is 11.8. The number of aromatic hydroxyl groups is 1. The van der Waals surface area contributed by atoms with Gasteiger partial charge in [-0.05, 0) is 30.2 Å². The molecule has 0 unspecified atom stereocenters. The average Bonchev–Trinajstić information content (AvgIpc) is 2.45. The van der Waals surface area contributed by atoms with E-state index in [0.29, 0.717) is 5.56 Å². The van der Waals surface area contributed by atoms with E-state index in [1.807, 2.05) is 25.1 Å². The summed E-state index contributed by atoms with van der Waals surface area (Å²) >= 11 is 0. The highest BCUT2D eigenvalue weighted by molar-refractivity contribution is 5.92. The zero-order chi connectivity index (χ0) is 14.5. The number of phenols is 1. The third-order valence-electron chi connectivity index (χ3n) is 2.99. The number of para-hydroxylation sites is 1. The van der Waals surface area contributed by atoms with E-state index in [2.05, 4.69) is 6.58 Å². The second-order valence-electron chi connectivity index (χ2n) is 4.43. The van der Waals surface area contributed by atoms with Gasteiger partial charge in [-0.25, -0.2) is 4.79 Å². The Balaban J connectivity index is 2.33. The van der Waals surface area contributed by atoms with Crippen LogP contribution in [-0.4, -0.2) is 17.7 Å². The van der Waals surface area contributed by atoms with Gasteiger partial charge in [0.05, 0.1) is 5.56 Å². The Morgan fingerprint density at radius 1 is 1.30 bits per heavy atom. The van der Waals surface area contributed by atoms with Gasteiger partial charge < -0.3 is 9.84 Å². The minimum Gasteiger partial charge on any atom is -0.507 e. The Bertz CT molecular complexity index is 644. The number of rotatable bonds is 4. The smallest absolute Gasteiger partial charge is 0.338 e. The lowest BCUT2D eigenvalue weighted by Crippen LogP contribution is -2.07. The predicted octanol–water partition coefficient (Wildman–Crippen LogP) is 3.71. The van der Waals surface area contributed by atoms with Crippen molar-refractivity contribution in [3.8, 4) is 16.9 Å². The van der Waals surface area contributed by atoms with Gasteiger partial charge in [0.15, 0.2) is 0 Å². The first kappa shape index (κ1) is 13.9. The van der Waals surface area contributed by atoms with Gasteiger partial charge in [-0.2, -0.15) is 0 Å². The molecule has 0 amide bonds. The first-order valence-corrected chi connectivity index (χ1v) is 6.30. The van der Waals surface area contributed by atoms with Crippen molar-refractivity contribution in [2.75, 3.05) is 6.61 Å². The molecule has 3 heteroatoms. The molecule has 0 aliphatic heterocycles. The summed E-state index contributed by atoms with van der Waals surface area (Å²) < 4.78 is 5.02. The number of carbonyl (C=O) groups is 1. The van der Waals surface area contributed by atoms with Crippen LogP contribution in [0.4, 0.5) is 0 Å². The number of hydrogen-bond donors (Lipinski definition) is 1. The Kier molecular flexibility index (Phi) is 4.20. The normalized spacial score (nSPS) is 10.1. The van der Waals surface area contributed by atoms with E-state index < -0.39 is 0 Å². The van der Waals surface area contributed by atoms with E-state index in [0.717, 1.165) is 16.7 Å². The first-order chi connectivity index (χ1) is 9.63. The molecule has 3 nitrogen and oxygen atoms in total. The fraction of sp³-hybridized carbons (Fsp3) is 0.118. The maximum atomic E-state index is 11.8. The zero-order valence-corrected chi connectivity index (χ0v) is 11.3. The van der Waals surface area contributed by atoms with Crippen molar-refractivity contribution in [2.24, 2.45) is 0 Å². The van der Waals surface area contributed by atoms with Crippen molar-refractivity contribution >= 4 is 5.97 Å². The highest BCUT2D eigenvalue weighted by atomic mass is 16.5. The molecule has 2 aromatic carbocycles. The third kappa shape index (κ3) is 2.88. The minimum absolute atomic E-state index is 0.194. The quantitative estimate of drug-likeness (QED) is 0.679. The van der Waals surface area contributed by atoms with Gasteiger partial charge in [0.1, 0.15) is 12.4 Å². The third-order valence-corrected chi connectivity index (χ3v) is 2.99. The molecule has 0 fully saturated rings. The fourth-order valence-electron chi connectivity index (χ4n) is 1.99. The number of hydrogen-bond acceptors (Lipinski definition) is 3. The standard InChI is InChI=1S/C17H16O3/c1-3-10-20-17(19)14-9-8-13(11-12(14)2)15-6-4-5-7-16(15)18/h3-9,11,18H,1,10H2,2H3. The van der Waals surface area contributed by atoms with Gasteiger partial charge >= 0.3 is 5.97 Å². The van der Waals surface area contributed by atoms with Gasteiger partial charge in [0.2, 0.25) is 0 Å². The molecular weight excluding hydrogens is 252 g/mol. The van der Waals surface area contributed by atoms with Crippen LogP contribution in [0, 0.1) is 6.92 Å². The topological polar surface area (TPSA) is 46.5 Å².